The van der Waals surface area contributed by atoms with Gasteiger partial charge in [0.05, 0.1) is 0 Å². The maximum atomic E-state index is 13.7. The molecular weight excluding hydrogens is 261 g/mol. The molecule has 0 radical (unpaired) electrons. The second-order valence-electron chi connectivity index (χ2n) is 5.67. The molecule has 0 aliphatic heterocycles. The second kappa shape index (κ2) is 8.78. The van der Waals surface area contributed by atoms with E-state index in [0.29, 0.717) is 0 Å². The van der Waals surface area contributed by atoms with E-state index < -0.39 is 0 Å². The maximum Gasteiger partial charge on any atom is 0.131 e. The van der Waals surface area contributed by atoms with Crippen molar-refractivity contribution >= 4 is 10.8 Å². The molecule has 114 valence electrons. The summed E-state index contributed by atoms with van der Waals surface area (Å²) < 4.78 is 13.7. The molecular formula is C19H26FN. The van der Waals surface area contributed by atoms with Crippen molar-refractivity contribution in [2.45, 2.75) is 45.4 Å². The van der Waals surface area contributed by atoms with Gasteiger partial charge in [-0.2, -0.15) is 0 Å². The highest BCUT2D eigenvalue weighted by Crippen LogP contribution is 2.23. The van der Waals surface area contributed by atoms with Crippen LogP contribution in [0.25, 0.3) is 10.8 Å². The summed E-state index contributed by atoms with van der Waals surface area (Å²) in [6, 6.07) is 11.3. The molecule has 0 amide bonds. The van der Waals surface area contributed by atoms with Crippen molar-refractivity contribution in [3.8, 4) is 0 Å². The Labute approximate surface area is 127 Å². The standard InChI is InChI=1S/C19H26FN/c1-2-14-21-15-8-4-3-5-9-16-12-13-19(20)18-11-7-6-10-17(16)18/h6-7,10-13,21H,2-5,8-9,14-15H2,1H3. The van der Waals surface area contributed by atoms with Crippen LogP contribution in [0.3, 0.4) is 0 Å². The number of rotatable bonds is 9. The molecule has 0 aliphatic carbocycles. The first kappa shape index (κ1) is 16.0. The fraction of sp³-hybridized carbons (Fsp3) is 0.474. The van der Waals surface area contributed by atoms with Gasteiger partial charge in [0, 0.05) is 5.39 Å². The van der Waals surface area contributed by atoms with Gasteiger partial charge in [-0.05, 0) is 55.8 Å². The first-order valence-electron chi connectivity index (χ1n) is 8.19. The summed E-state index contributed by atoms with van der Waals surface area (Å²) in [7, 11) is 0. The van der Waals surface area contributed by atoms with E-state index in [0.717, 1.165) is 30.3 Å². The van der Waals surface area contributed by atoms with Gasteiger partial charge in [-0.15, -0.1) is 0 Å². The Kier molecular flexibility index (Phi) is 6.68. The number of halogens is 1. The van der Waals surface area contributed by atoms with Crippen LogP contribution in [0.1, 0.15) is 44.6 Å². The normalized spacial score (nSPS) is 11.1. The molecule has 0 spiro atoms. The van der Waals surface area contributed by atoms with Crippen LogP contribution in [0.15, 0.2) is 36.4 Å². The zero-order chi connectivity index (χ0) is 14.9. The number of unbranched alkanes of at least 4 members (excludes halogenated alkanes) is 3. The van der Waals surface area contributed by atoms with Crippen molar-refractivity contribution in [2.75, 3.05) is 13.1 Å². The van der Waals surface area contributed by atoms with E-state index in [-0.39, 0.29) is 5.82 Å². The summed E-state index contributed by atoms with van der Waals surface area (Å²) in [4.78, 5) is 0. The Hall–Kier alpha value is -1.41. The number of aryl methyl sites for hydroxylation is 1. The molecule has 1 N–H and O–H groups in total. The van der Waals surface area contributed by atoms with Crippen LogP contribution >= 0.6 is 0 Å². The summed E-state index contributed by atoms with van der Waals surface area (Å²) in [6.07, 6.45) is 7.21. The number of hydrogen-bond acceptors (Lipinski definition) is 1. The van der Waals surface area contributed by atoms with Crippen LogP contribution in [0.2, 0.25) is 0 Å². The van der Waals surface area contributed by atoms with Crippen molar-refractivity contribution in [3.05, 3.63) is 47.8 Å². The van der Waals surface area contributed by atoms with E-state index in [4.69, 9.17) is 0 Å². The Morgan fingerprint density at radius 3 is 2.43 bits per heavy atom. The highest BCUT2D eigenvalue weighted by molar-refractivity contribution is 5.86. The summed E-state index contributed by atoms with van der Waals surface area (Å²) >= 11 is 0. The lowest BCUT2D eigenvalue weighted by atomic mass is 9.99. The van der Waals surface area contributed by atoms with Gasteiger partial charge in [0.25, 0.3) is 0 Å². The Morgan fingerprint density at radius 1 is 0.857 bits per heavy atom. The van der Waals surface area contributed by atoms with E-state index in [1.165, 1.54) is 37.7 Å². The molecule has 2 heteroatoms. The first-order valence-corrected chi connectivity index (χ1v) is 8.19. The molecule has 0 unspecified atom stereocenters. The molecule has 0 fully saturated rings. The minimum absolute atomic E-state index is 0.114. The fourth-order valence-electron chi connectivity index (χ4n) is 2.76. The summed E-state index contributed by atoms with van der Waals surface area (Å²) in [5, 5.41) is 5.25. The van der Waals surface area contributed by atoms with Crippen molar-refractivity contribution in [2.24, 2.45) is 0 Å². The van der Waals surface area contributed by atoms with Gasteiger partial charge in [0.2, 0.25) is 0 Å². The zero-order valence-electron chi connectivity index (χ0n) is 13.0. The molecule has 2 aromatic rings. The molecule has 2 rings (SSSR count). The number of fused-ring (bicyclic) bond motifs is 1. The average Bonchev–Trinajstić information content (AvgIpc) is 2.52. The van der Waals surface area contributed by atoms with Crippen LogP contribution in [0.5, 0.6) is 0 Å². The Bertz CT molecular complexity index is 550. The predicted octanol–water partition coefficient (Wildman–Crippen LogP) is 5.08. The number of nitrogens with one attached hydrogen (secondary N) is 1. The SMILES string of the molecule is CCCNCCCCCCc1ccc(F)c2ccccc12. The van der Waals surface area contributed by atoms with Gasteiger partial charge < -0.3 is 5.32 Å². The van der Waals surface area contributed by atoms with Crippen molar-refractivity contribution in [1.82, 2.24) is 5.32 Å². The molecule has 0 bridgehead atoms. The van der Waals surface area contributed by atoms with E-state index in [9.17, 15) is 4.39 Å². The molecule has 21 heavy (non-hydrogen) atoms. The second-order valence-corrected chi connectivity index (χ2v) is 5.67. The van der Waals surface area contributed by atoms with Crippen LogP contribution in [0, 0.1) is 5.82 Å². The van der Waals surface area contributed by atoms with Crippen LogP contribution < -0.4 is 5.32 Å². The molecule has 0 aliphatic rings. The molecule has 0 saturated heterocycles. The van der Waals surface area contributed by atoms with Crippen molar-refractivity contribution in [1.29, 1.82) is 0 Å². The van der Waals surface area contributed by atoms with E-state index >= 15 is 0 Å². The first-order chi connectivity index (χ1) is 10.3. The Balaban J connectivity index is 1.78. The lowest BCUT2D eigenvalue weighted by Crippen LogP contribution is -2.15. The average molecular weight is 287 g/mol. The van der Waals surface area contributed by atoms with Gasteiger partial charge in [-0.1, -0.05) is 50.1 Å². The summed E-state index contributed by atoms with van der Waals surface area (Å²) in [5.41, 5.74) is 1.27. The van der Waals surface area contributed by atoms with Crippen LogP contribution in [-0.2, 0) is 6.42 Å². The van der Waals surface area contributed by atoms with Gasteiger partial charge in [-0.3, -0.25) is 0 Å². The minimum Gasteiger partial charge on any atom is -0.317 e. The third kappa shape index (κ3) is 4.82. The third-order valence-corrected chi connectivity index (χ3v) is 3.94. The summed E-state index contributed by atoms with van der Waals surface area (Å²) in [5.74, 6) is -0.114. The van der Waals surface area contributed by atoms with Gasteiger partial charge >= 0.3 is 0 Å². The maximum absolute atomic E-state index is 13.7. The van der Waals surface area contributed by atoms with E-state index in [1.54, 1.807) is 6.07 Å². The molecule has 2 aromatic carbocycles. The topological polar surface area (TPSA) is 12.0 Å². The Morgan fingerprint density at radius 2 is 1.62 bits per heavy atom. The van der Waals surface area contributed by atoms with Gasteiger partial charge in [0.15, 0.2) is 0 Å². The minimum atomic E-state index is -0.114. The monoisotopic (exact) mass is 287 g/mol. The quantitative estimate of drug-likeness (QED) is 0.634. The molecule has 1 nitrogen and oxygen atoms in total. The largest absolute Gasteiger partial charge is 0.317 e. The smallest absolute Gasteiger partial charge is 0.131 e. The van der Waals surface area contributed by atoms with Crippen molar-refractivity contribution < 1.29 is 4.39 Å². The summed E-state index contributed by atoms with van der Waals surface area (Å²) in [6.45, 7) is 4.45. The van der Waals surface area contributed by atoms with Gasteiger partial charge in [-0.25, -0.2) is 4.39 Å². The predicted molar refractivity (Wildman–Crippen MR) is 89.2 cm³/mol. The third-order valence-electron chi connectivity index (χ3n) is 3.94. The fourth-order valence-corrected chi connectivity index (χ4v) is 2.76. The molecule has 0 saturated carbocycles. The lowest BCUT2D eigenvalue weighted by molar-refractivity contribution is 0.585. The van der Waals surface area contributed by atoms with Crippen LogP contribution in [0.4, 0.5) is 4.39 Å². The van der Waals surface area contributed by atoms with E-state index in [2.05, 4.69) is 12.2 Å². The molecule has 0 aromatic heterocycles. The molecule has 0 heterocycles. The number of benzene rings is 2. The van der Waals surface area contributed by atoms with Crippen LogP contribution in [-0.4, -0.2) is 13.1 Å². The highest BCUT2D eigenvalue weighted by Gasteiger charge is 2.04. The lowest BCUT2D eigenvalue weighted by Gasteiger charge is -2.08. The number of hydrogen-bond donors (Lipinski definition) is 1. The van der Waals surface area contributed by atoms with Gasteiger partial charge in [0.1, 0.15) is 5.82 Å². The highest BCUT2D eigenvalue weighted by atomic mass is 19.1. The molecule has 0 atom stereocenters. The van der Waals surface area contributed by atoms with Crippen molar-refractivity contribution in [3.63, 3.8) is 0 Å². The van der Waals surface area contributed by atoms with E-state index in [1.807, 2.05) is 30.3 Å². The zero-order valence-corrected chi connectivity index (χ0v) is 13.0.